The Morgan fingerprint density at radius 2 is 1.96 bits per heavy atom. The Kier molecular flexibility index (Phi) is 5.72. The topological polar surface area (TPSA) is 90.4 Å². The Balaban J connectivity index is 2.18. The molecule has 3 N–H and O–H groups in total. The van der Waals surface area contributed by atoms with Crippen LogP contribution < -0.4 is 16.0 Å². The molecule has 0 aliphatic carbocycles. The summed E-state index contributed by atoms with van der Waals surface area (Å²) in [6.45, 7) is 8.13. The van der Waals surface area contributed by atoms with Crippen molar-refractivity contribution < 1.29 is 9.84 Å². The molecule has 3 aromatic rings. The number of aryl methyl sites for hydroxylation is 2. The van der Waals surface area contributed by atoms with Crippen LogP contribution >= 0.6 is 0 Å². The van der Waals surface area contributed by atoms with Gasteiger partial charge in [-0.25, -0.2) is 0 Å². The Bertz CT molecular complexity index is 1070. The average Bonchev–Trinajstić information content (AvgIpc) is 2.63. The summed E-state index contributed by atoms with van der Waals surface area (Å²) in [7, 11) is 1.74. The van der Waals surface area contributed by atoms with Crippen LogP contribution in [0.5, 0.6) is 5.75 Å². The monoisotopic (exact) mass is 383 g/mol. The van der Waals surface area contributed by atoms with Crippen LogP contribution in [0, 0.1) is 12.8 Å². The van der Waals surface area contributed by atoms with E-state index in [0.29, 0.717) is 34.9 Å². The van der Waals surface area contributed by atoms with E-state index >= 15 is 0 Å². The first-order valence-corrected chi connectivity index (χ1v) is 9.69. The quantitative estimate of drug-likeness (QED) is 0.638. The van der Waals surface area contributed by atoms with Gasteiger partial charge in [-0.05, 0) is 43.7 Å². The van der Waals surface area contributed by atoms with Crippen LogP contribution in [0.4, 0.5) is 0 Å². The van der Waals surface area contributed by atoms with Crippen LogP contribution in [-0.2, 0) is 7.05 Å². The molecule has 0 saturated carbocycles. The van der Waals surface area contributed by atoms with Crippen LogP contribution in [0.1, 0.15) is 44.6 Å². The number of nitrogens with two attached hydrogens (primary N) is 1. The Morgan fingerprint density at radius 3 is 2.61 bits per heavy atom. The lowest BCUT2D eigenvalue weighted by atomic mass is 10.0. The minimum Gasteiger partial charge on any atom is -0.492 e. The molecular formula is C22H29N3O3. The molecule has 0 fully saturated rings. The molecule has 0 saturated heterocycles. The number of fused-ring (bicyclic) bond motifs is 3. The predicted octanol–water partition coefficient (Wildman–Crippen LogP) is 3.20. The lowest BCUT2D eigenvalue weighted by Crippen LogP contribution is -2.29. The molecule has 0 amide bonds. The zero-order valence-corrected chi connectivity index (χ0v) is 17.2. The van der Waals surface area contributed by atoms with Crippen molar-refractivity contribution in [2.75, 3.05) is 6.61 Å². The van der Waals surface area contributed by atoms with Crippen molar-refractivity contribution in [3.05, 3.63) is 46.0 Å². The molecule has 150 valence electrons. The minimum absolute atomic E-state index is 0.0910. The molecule has 0 spiro atoms. The normalized spacial score (nSPS) is 14.0. The fourth-order valence-corrected chi connectivity index (χ4v) is 3.74. The smallest absolute Gasteiger partial charge is 0.260 e. The molecule has 1 aromatic carbocycles. The van der Waals surface area contributed by atoms with Crippen molar-refractivity contribution in [2.24, 2.45) is 18.7 Å². The lowest BCUT2D eigenvalue weighted by Gasteiger charge is -2.20. The van der Waals surface area contributed by atoms with Crippen LogP contribution in [0.3, 0.4) is 0 Å². The van der Waals surface area contributed by atoms with Crippen LogP contribution in [-0.4, -0.2) is 27.3 Å². The van der Waals surface area contributed by atoms with E-state index in [1.54, 1.807) is 24.7 Å². The van der Waals surface area contributed by atoms with E-state index in [-0.39, 0.29) is 11.6 Å². The highest BCUT2D eigenvalue weighted by Crippen LogP contribution is 2.33. The summed E-state index contributed by atoms with van der Waals surface area (Å²) in [6.07, 6.45) is 1.84. The number of aromatic nitrogens is 2. The van der Waals surface area contributed by atoms with E-state index in [2.05, 4.69) is 18.8 Å². The van der Waals surface area contributed by atoms with Gasteiger partial charge in [-0.2, -0.15) is 0 Å². The van der Waals surface area contributed by atoms with Crippen molar-refractivity contribution in [2.45, 2.75) is 46.3 Å². The molecule has 0 radical (unpaired) electrons. The highest BCUT2D eigenvalue weighted by atomic mass is 16.5. The number of pyridine rings is 2. The van der Waals surface area contributed by atoms with Crippen molar-refractivity contribution in [1.82, 2.24) is 9.55 Å². The molecule has 2 aromatic heterocycles. The highest BCUT2D eigenvalue weighted by molar-refractivity contribution is 6.06. The second kappa shape index (κ2) is 7.89. The fourth-order valence-electron chi connectivity index (χ4n) is 3.74. The first-order chi connectivity index (χ1) is 13.2. The number of aliphatic hydroxyl groups excluding tert-OH is 1. The van der Waals surface area contributed by atoms with E-state index in [9.17, 15) is 9.90 Å². The number of benzene rings is 1. The van der Waals surface area contributed by atoms with Crippen molar-refractivity contribution in [3.8, 4) is 5.75 Å². The minimum atomic E-state index is -0.712. The van der Waals surface area contributed by atoms with Crippen molar-refractivity contribution in [3.63, 3.8) is 0 Å². The number of aliphatic hydroxyl groups is 1. The summed E-state index contributed by atoms with van der Waals surface area (Å²) in [5.74, 6) is 1.04. The summed E-state index contributed by atoms with van der Waals surface area (Å²) < 4.78 is 7.60. The summed E-state index contributed by atoms with van der Waals surface area (Å²) in [5.41, 5.74) is 8.18. The third kappa shape index (κ3) is 3.75. The zero-order chi connectivity index (χ0) is 20.6. The molecule has 28 heavy (non-hydrogen) atoms. The Hall–Kier alpha value is -2.44. The van der Waals surface area contributed by atoms with Gasteiger partial charge in [0.1, 0.15) is 12.4 Å². The van der Waals surface area contributed by atoms with E-state index in [1.165, 1.54) is 0 Å². The third-order valence-electron chi connectivity index (χ3n) is 5.12. The number of hydrogen-bond donors (Lipinski definition) is 2. The van der Waals surface area contributed by atoms with Crippen molar-refractivity contribution in [1.29, 1.82) is 0 Å². The highest BCUT2D eigenvalue weighted by Gasteiger charge is 2.18. The second-order valence-electron chi connectivity index (χ2n) is 7.97. The second-order valence-corrected chi connectivity index (χ2v) is 7.97. The van der Waals surface area contributed by atoms with Gasteiger partial charge in [-0.1, -0.05) is 13.8 Å². The maximum atomic E-state index is 12.9. The summed E-state index contributed by atoms with van der Waals surface area (Å²) in [6, 6.07) is 5.49. The maximum absolute atomic E-state index is 12.9. The molecule has 1 unspecified atom stereocenters. The van der Waals surface area contributed by atoms with E-state index in [4.69, 9.17) is 10.5 Å². The van der Waals surface area contributed by atoms with Gasteiger partial charge in [0, 0.05) is 36.3 Å². The first kappa shape index (κ1) is 20.3. The molecule has 3 rings (SSSR count). The molecule has 2 atom stereocenters. The molecule has 0 bridgehead atoms. The summed E-state index contributed by atoms with van der Waals surface area (Å²) in [5, 5.41) is 12.6. The Labute approximate surface area is 165 Å². The van der Waals surface area contributed by atoms with E-state index in [1.807, 2.05) is 25.1 Å². The van der Waals surface area contributed by atoms with Gasteiger partial charge in [-0.3, -0.25) is 9.78 Å². The van der Waals surface area contributed by atoms with E-state index in [0.717, 1.165) is 22.7 Å². The van der Waals surface area contributed by atoms with Crippen molar-refractivity contribution >= 4 is 21.7 Å². The molecule has 6 heteroatoms. The van der Waals surface area contributed by atoms with Gasteiger partial charge in [0.15, 0.2) is 0 Å². The lowest BCUT2D eigenvalue weighted by molar-refractivity contribution is 0.189. The molecule has 0 aliphatic heterocycles. The number of nitrogens with zero attached hydrogens (tertiary/aromatic N) is 2. The van der Waals surface area contributed by atoms with Gasteiger partial charge in [0.25, 0.3) is 5.56 Å². The van der Waals surface area contributed by atoms with Gasteiger partial charge < -0.3 is 20.1 Å². The molecule has 6 nitrogen and oxygen atoms in total. The average molecular weight is 383 g/mol. The number of rotatable bonds is 6. The van der Waals surface area contributed by atoms with Gasteiger partial charge in [0.2, 0.25) is 0 Å². The van der Waals surface area contributed by atoms with Crippen LogP contribution in [0.25, 0.3) is 21.7 Å². The predicted molar refractivity (Wildman–Crippen MR) is 113 cm³/mol. The first-order valence-electron chi connectivity index (χ1n) is 9.69. The number of ether oxygens (including phenoxy) is 1. The zero-order valence-electron chi connectivity index (χ0n) is 17.2. The van der Waals surface area contributed by atoms with Crippen LogP contribution in [0.15, 0.2) is 29.2 Å². The third-order valence-corrected chi connectivity index (χ3v) is 5.12. The van der Waals surface area contributed by atoms with E-state index < -0.39 is 6.10 Å². The van der Waals surface area contributed by atoms with Gasteiger partial charge >= 0.3 is 0 Å². The number of hydrogen-bond acceptors (Lipinski definition) is 5. The van der Waals surface area contributed by atoms with Gasteiger partial charge in [-0.15, -0.1) is 0 Å². The largest absolute Gasteiger partial charge is 0.492 e. The summed E-state index contributed by atoms with van der Waals surface area (Å²) >= 11 is 0. The molecular weight excluding hydrogens is 354 g/mol. The Morgan fingerprint density at radius 1 is 1.25 bits per heavy atom. The fraction of sp³-hybridized carbons (Fsp3) is 0.455. The maximum Gasteiger partial charge on any atom is 0.260 e. The standard InChI is InChI=1S/C22H29N3O3/c1-12(2)8-15(23)11-28-20-10-19-18(9-17(20)14(4)26)16-6-7-24-13(3)21(16)22(27)25(19)5/h6-7,9-10,12,14-15,26H,8,11,23H2,1-5H3/t14?,15-/m0/s1. The molecule has 0 aliphatic rings. The summed E-state index contributed by atoms with van der Waals surface area (Å²) in [4.78, 5) is 17.2. The SMILES string of the molecule is Cc1nccc2c1c(=O)n(C)c1cc(OC[C@@H](N)CC(C)C)c(C(C)O)cc21. The van der Waals surface area contributed by atoms with Crippen LogP contribution in [0.2, 0.25) is 0 Å². The molecule has 2 heterocycles. The van der Waals surface area contributed by atoms with Gasteiger partial charge in [0.05, 0.1) is 22.7 Å².